The maximum Gasteiger partial charge on any atom is 0.120 e. The minimum absolute atomic E-state index is 0.589. The third-order valence-electron chi connectivity index (χ3n) is 3.73. The molecule has 2 N–H and O–H groups in total. The van der Waals surface area contributed by atoms with Gasteiger partial charge < -0.3 is 10.5 Å². The molecule has 0 saturated carbocycles. The fourth-order valence-electron chi connectivity index (χ4n) is 2.58. The maximum atomic E-state index is 5.86. The van der Waals surface area contributed by atoms with Crippen LogP contribution >= 0.6 is 0 Å². The number of hydrogen-bond acceptors (Lipinski definition) is 2. The molecule has 0 aliphatic heterocycles. The summed E-state index contributed by atoms with van der Waals surface area (Å²) >= 11 is 0. The lowest BCUT2D eigenvalue weighted by atomic mass is 10.1. The van der Waals surface area contributed by atoms with Crippen molar-refractivity contribution in [2.24, 2.45) is 5.73 Å². The second kappa shape index (κ2) is 5.45. The van der Waals surface area contributed by atoms with Gasteiger partial charge in [-0.25, -0.2) is 0 Å². The Hall–Kier alpha value is -1.80. The Bertz CT molecular complexity index is 560. The van der Waals surface area contributed by atoms with E-state index in [2.05, 4.69) is 42.5 Å². The highest BCUT2D eigenvalue weighted by Gasteiger charge is 2.11. The first-order chi connectivity index (χ1) is 9.35. The van der Waals surface area contributed by atoms with E-state index in [1.54, 1.807) is 0 Å². The summed E-state index contributed by atoms with van der Waals surface area (Å²) in [6.07, 6.45) is 3.69. The topological polar surface area (TPSA) is 35.2 Å². The molecule has 3 rings (SSSR count). The predicted molar refractivity (Wildman–Crippen MR) is 77.1 cm³/mol. The molecule has 0 fully saturated rings. The fourth-order valence-corrected chi connectivity index (χ4v) is 2.58. The highest BCUT2D eigenvalue weighted by molar-refractivity contribution is 5.38. The molecular formula is C17H19NO. The Morgan fingerprint density at radius 2 is 1.63 bits per heavy atom. The van der Waals surface area contributed by atoms with Gasteiger partial charge in [0.05, 0.1) is 0 Å². The Labute approximate surface area is 114 Å². The van der Waals surface area contributed by atoms with E-state index >= 15 is 0 Å². The van der Waals surface area contributed by atoms with Crippen molar-refractivity contribution in [2.45, 2.75) is 32.4 Å². The molecule has 0 saturated heterocycles. The zero-order valence-corrected chi connectivity index (χ0v) is 11.1. The molecule has 2 aromatic carbocycles. The lowest BCUT2D eigenvalue weighted by Gasteiger charge is -2.08. The van der Waals surface area contributed by atoms with Gasteiger partial charge in [0, 0.05) is 6.54 Å². The minimum Gasteiger partial charge on any atom is -0.489 e. The number of fused-ring (bicyclic) bond motifs is 1. The third kappa shape index (κ3) is 2.79. The van der Waals surface area contributed by atoms with Crippen molar-refractivity contribution in [1.29, 1.82) is 0 Å². The van der Waals surface area contributed by atoms with Crippen LogP contribution in [0.4, 0.5) is 0 Å². The summed E-state index contributed by atoms with van der Waals surface area (Å²) in [5.74, 6) is 0.976. The highest BCUT2D eigenvalue weighted by Crippen LogP contribution is 2.26. The molecule has 0 spiro atoms. The molecule has 0 amide bonds. The van der Waals surface area contributed by atoms with Crippen molar-refractivity contribution in [3.05, 3.63) is 64.7 Å². The zero-order valence-electron chi connectivity index (χ0n) is 11.1. The molecular weight excluding hydrogens is 234 g/mol. The summed E-state index contributed by atoms with van der Waals surface area (Å²) in [5.41, 5.74) is 10.9. The normalized spacial score (nSPS) is 13.3. The van der Waals surface area contributed by atoms with Crippen molar-refractivity contribution in [1.82, 2.24) is 0 Å². The van der Waals surface area contributed by atoms with Crippen molar-refractivity contribution in [3.8, 4) is 5.75 Å². The van der Waals surface area contributed by atoms with Crippen LogP contribution in [0.25, 0.3) is 0 Å². The Kier molecular flexibility index (Phi) is 3.51. The average molecular weight is 253 g/mol. The number of hydrogen-bond donors (Lipinski definition) is 1. The van der Waals surface area contributed by atoms with Gasteiger partial charge in [-0.15, -0.1) is 0 Å². The smallest absolute Gasteiger partial charge is 0.120 e. The minimum atomic E-state index is 0.589. The number of nitrogens with two attached hydrogens (primary N) is 1. The van der Waals surface area contributed by atoms with Crippen LogP contribution in [0, 0.1) is 0 Å². The van der Waals surface area contributed by atoms with E-state index in [0.29, 0.717) is 13.2 Å². The van der Waals surface area contributed by atoms with E-state index in [0.717, 1.165) is 11.3 Å². The van der Waals surface area contributed by atoms with Gasteiger partial charge in [-0.3, -0.25) is 0 Å². The summed E-state index contributed by atoms with van der Waals surface area (Å²) in [6.45, 7) is 1.20. The van der Waals surface area contributed by atoms with E-state index in [-0.39, 0.29) is 0 Å². The SMILES string of the molecule is NCc1ccc(COc2ccc3c(c2)CCC3)cc1. The van der Waals surface area contributed by atoms with Gasteiger partial charge in [0.25, 0.3) is 0 Å². The third-order valence-corrected chi connectivity index (χ3v) is 3.73. The van der Waals surface area contributed by atoms with E-state index in [1.807, 2.05) is 0 Å². The summed E-state index contributed by atoms with van der Waals surface area (Å²) in [4.78, 5) is 0. The van der Waals surface area contributed by atoms with Crippen LogP contribution in [0.1, 0.15) is 28.7 Å². The lowest BCUT2D eigenvalue weighted by molar-refractivity contribution is 0.306. The van der Waals surface area contributed by atoms with Crippen LogP contribution in [0.2, 0.25) is 0 Å². The summed E-state index contributed by atoms with van der Waals surface area (Å²) in [6, 6.07) is 14.7. The lowest BCUT2D eigenvalue weighted by Crippen LogP contribution is -1.99. The van der Waals surface area contributed by atoms with E-state index in [4.69, 9.17) is 10.5 Å². The van der Waals surface area contributed by atoms with Crippen molar-refractivity contribution >= 4 is 0 Å². The molecule has 98 valence electrons. The van der Waals surface area contributed by atoms with Crippen LogP contribution in [-0.2, 0) is 26.0 Å². The molecule has 0 atom stereocenters. The van der Waals surface area contributed by atoms with Crippen LogP contribution in [0.3, 0.4) is 0 Å². The van der Waals surface area contributed by atoms with Crippen molar-refractivity contribution in [3.63, 3.8) is 0 Å². The van der Waals surface area contributed by atoms with Gasteiger partial charge in [0.1, 0.15) is 12.4 Å². The fraction of sp³-hybridized carbons (Fsp3) is 0.294. The molecule has 2 nitrogen and oxygen atoms in total. The van der Waals surface area contributed by atoms with E-state index < -0.39 is 0 Å². The number of aryl methyl sites for hydroxylation is 2. The number of rotatable bonds is 4. The molecule has 0 radical (unpaired) electrons. The van der Waals surface area contributed by atoms with Gasteiger partial charge in [-0.05, 0) is 53.6 Å². The van der Waals surface area contributed by atoms with Crippen molar-refractivity contribution in [2.75, 3.05) is 0 Å². The van der Waals surface area contributed by atoms with Crippen LogP contribution in [-0.4, -0.2) is 0 Å². The van der Waals surface area contributed by atoms with Gasteiger partial charge >= 0.3 is 0 Å². The second-order valence-corrected chi connectivity index (χ2v) is 5.09. The molecule has 0 unspecified atom stereocenters. The van der Waals surface area contributed by atoms with Crippen LogP contribution in [0.15, 0.2) is 42.5 Å². The highest BCUT2D eigenvalue weighted by atomic mass is 16.5. The molecule has 0 aromatic heterocycles. The monoisotopic (exact) mass is 253 g/mol. The second-order valence-electron chi connectivity index (χ2n) is 5.09. The maximum absolute atomic E-state index is 5.86. The number of benzene rings is 2. The predicted octanol–water partition coefficient (Wildman–Crippen LogP) is 3.21. The van der Waals surface area contributed by atoms with Crippen molar-refractivity contribution < 1.29 is 4.74 Å². The molecule has 1 aliphatic rings. The molecule has 0 bridgehead atoms. The van der Waals surface area contributed by atoms with Gasteiger partial charge in [-0.1, -0.05) is 30.3 Å². The van der Waals surface area contributed by atoms with E-state index in [9.17, 15) is 0 Å². The molecule has 19 heavy (non-hydrogen) atoms. The first kappa shape index (κ1) is 12.2. The van der Waals surface area contributed by atoms with Gasteiger partial charge in [-0.2, -0.15) is 0 Å². The summed E-state index contributed by atoms with van der Waals surface area (Å²) in [5, 5.41) is 0. The van der Waals surface area contributed by atoms with Gasteiger partial charge in [0.15, 0.2) is 0 Å². The Balaban J connectivity index is 1.65. The number of ether oxygens (including phenoxy) is 1. The van der Waals surface area contributed by atoms with E-state index in [1.165, 1.54) is 36.0 Å². The van der Waals surface area contributed by atoms with Crippen LogP contribution < -0.4 is 10.5 Å². The standard InChI is InChI=1S/C17H19NO/c18-11-13-4-6-14(7-5-13)12-19-17-9-8-15-2-1-3-16(15)10-17/h4-10H,1-3,11-12,18H2. The largest absolute Gasteiger partial charge is 0.489 e. The first-order valence-corrected chi connectivity index (χ1v) is 6.87. The zero-order chi connectivity index (χ0) is 13.1. The summed E-state index contributed by atoms with van der Waals surface area (Å²) in [7, 11) is 0. The van der Waals surface area contributed by atoms with Gasteiger partial charge in [0.2, 0.25) is 0 Å². The summed E-state index contributed by atoms with van der Waals surface area (Å²) < 4.78 is 5.86. The Morgan fingerprint density at radius 1 is 0.895 bits per heavy atom. The first-order valence-electron chi connectivity index (χ1n) is 6.87. The molecule has 2 heteroatoms. The molecule has 2 aromatic rings. The average Bonchev–Trinajstić information content (AvgIpc) is 2.93. The Morgan fingerprint density at radius 3 is 2.42 bits per heavy atom. The quantitative estimate of drug-likeness (QED) is 0.908. The van der Waals surface area contributed by atoms with Crippen LogP contribution in [0.5, 0.6) is 5.75 Å². The molecule has 0 heterocycles. The molecule has 1 aliphatic carbocycles.